The molecule has 0 heterocycles. The maximum atomic E-state index is 5.45. The third kappa shape index (κ3) is 2.88. The Balaban J connectivity index is 1.75. The van der Waals surface area contributed by atoms with E-state index in [0.717, 1.165) is 17.8 Å². The van der Waals surface area contributed by atoms with Gasteiger partial charge in [-0.1, -0.05) is 6.08 Å². The summed E-state index contributed by atoms with van der Waals surface area (Å²) < 4.78 is 5.45. The Bertz CT molecular complexity index is 207. The van der Waals surface area contributed by atoms with Crippen molar-refractivity contribution in [2.24, 2.45) is 17.8 Å². The molecule has 16 heavy (non-hydrogen) atoms. The van der Waals surface area contributed by atoms with Crippen molar-refractivity contribution in [1.82, 2.24) is 0 Å². The average Bonchev–Trinajstić information content (AvgIpc) is 2.39. The van der Waals surface area contributed by atoms with E-state index in [-0.39, 0.29) is 0 Å². The minimum atomic E-state index is 0.556. The summed E-state index contributed by atoms with van der Waals surface area (Å²) in [4.78, 5) is 0. The second-order valence-corrected chi connectivity index (χ2v) is 5.68. The van der Waals surface area contributed by atoms with E-state index in [0.29, 0.717) is 6.10 Å². The minimum absolute atomic E-state index is 0.556. The maximum absolute atomic E-state index is 5.45. The van der Waals surface area contributed by atoms with Crippen LogP contribution in [0.25, 0.3) is 0 Å². The summed E-state index contributed by atoms with van der Waals surface area (Å²) in [5, 5.41) is 0. The fraction of sp³-hybridized carbons (Fsp3) is 0.867. The number of allylic oxidation sites excluding steroid dienone is 1. The van der Waals surface area contributed by atoms with Gasteiger partial charge in [0.25, 0.3) is 0 Å². The van der Waals surface area contributed by atoms with Gasteiger partial charge in [-0.3, -0.25) is 0 Å². The van der Waals surface area contributed by atoms with Crippen LogP contribution in [0.1, 0.15) is 51.4 Å². The molecule has 2 rings (SSSR count). The van der Waals surface area contributed by atoms with E-state index in [1.54, 1.807) is 0 Å². The summed E-state index contributed by atoms with van der Waals surface area (Å²) in [5.74, 6) is 2.82. The van der Waals surface area contributed by atoms with Crippen LogP contribution in [-0.2, 0) is 4.74 Å². The van der Waals surface area contributed by atoms with Crippen LogP contribution in [0, 0.1) is 17.8 Å². The van der Waals surface area contributed by atoms with Gasteiger partial charge in [-0.25, -0.2) is 0 Å². The van der Waals surface area contributed by atoms with E-state index in [1.807, 2.05) is 7.11 Å². The highest BCUT2D eigenvalue weighted by Gasteiger charge is 2.29. The number of ether oxygens (including phenoxy) is 1. The van der Waals surface area contributed by atoms with E-state index in [4.69, 9.17) is 4.74 Å². The first-order valence-corrected chi connectivity index (χ1v) is 6.98. The van der Waals surface area contributed by atoms with Gasteiger partial charge in [-0.15, -0.1) is 6.58 Å². The van der Waals surface area contributed by atoms with Crippen molar-refractivity contribution >= 4 is 0 Å². The van der Waals surface area contributed by atoms with E-state index in [2.05, 4.69) is 12.7 Å². The lowest BCUT2D eigenvalue weighted by atomic mass is 9.70. The van der Waals surface area contributed by atoms with Gasteiger partial charge in [-0.2, -0.15) is 0 Å². The van der Waals surface area contributed by atoms with Crippen LogP contribution in [0.2, 0.25) is 0 Å². The molecule has 0 saturated heterocycles. The number of methoxy groups -OCH3 is 1. The van der Waals surface area contributed by atoms with E-state index >= 15 is 0 Å². The predicted octanol–water partition coefficient (Wildman–Crippen LogP) is 4.18. The molecule has 2 saturated carbocycles. The lowest BCUT2D eigenvalue weighted by molar-refractivity contribution is 0.0405. The largest absolute Gasteiger partial charge is 0.381 e. The lowest BCUT2D eigenvalue weighted by Crippen LogP contribution is -2.27. The van der Waals surface area contributed by atoms with Gasteiger partial charge >= 0.3 is 0 Å². The molecule has 0 radical (unpaired) electrons. The van der Waals surface area contributed by atoms with Gasteiger partial charge in [0.2, 0.25) is 0 Å². The Morgan fingerprint density at radius 2 is 1.38 bits per heavy atom. The average molecular weight is 222 g/mol. The highest BCUT2D eigenvalue weighted by atomic mass is 16.5. The van der Waals surface area contributed by atoms with E-state index < -0.39 is 0 Å². The van der Waals surface area contributed by atoms with Crippen molar-refractivity contribution in [3.05, 3.63) is 12.7 Å². The van der Waals surface area contributed by atoms with Gasteiger partial charge in [0.05, 0.1) is 6.10 Å². The Hall–Kier alpha value is -0.300. The summed E-state index contributed by atoms with van der Waals surface area (Å²) in [6, 6.07) is 0. The molecule has 0 aromatic rings. The summed E-state index contributed by atoms with van der Waals surface area (Å²) in [5.41, 5.74) is 0. The standard InChI is InChI=1S/C15H26O/c1-3-12-4-6-13(7-5-12)14-8-10-15(16-2)11-9-14/h3,12-15H,1,4-11H2,2H3. The molecular formula is C15H26O. The molecule has 1 heteroatoms. The van der Waals surface area contributed by atoms with Gasteiger partial charge < -0.3 is 4.74 Å². The molecule has 0 spiro atoms. The molecule has 0 aromatic heterocycles. The summed E-state index contributed by atoms with van der Waals surface area (Å²) in [6.45, 7) is 3.93. The van der Waals surface area contributed by atoms with Crippen LogP contribution in [0.3, 0.4) is 0 Å². The predicted molar refractivity (Wildman–Crippen MR) is 68.4 cm³/mol. The zero-order valence-electron chi connectivity index (χ0n) is 10.7. The second kappa shape index (κ2) is 5.86. The van der Waals surface area contributed by atoms with Crippen molar-refractivity contribution in [1.29, 1.82) is 0 Å². The Morgan fingerprint density at radius 1 is 0.875 bits per heavy atom. The quantitative estimate of drug-likeness (QED) is 0.651. The van der Waals surface area contributed by atoms with Crippen LogP contribution in [0.4, 0.5) is 0 Å². The summed E-state index contributed by atoms with van der Waals surface area (Å²) >= 11 is 0. The third-order valence-corrected chi connectivity index (χ3v) is 4.87. The Labute approximate surface area is 100 Å². The molecule has 0 bridgehead atoms. The number of hydrogen-bond acceptors (Lipinski definition) is 1. The van der Waals surface area contributed by atoms with Crippen LogP contribution >= 0.6 is 0 Å². The summed E-state index contributed by atoms with van der Waals surface area (Å²) in [6.07, 6.45) is 13.8. The maximum Gasteiger partial charge on any atom is 0.0571 e. The first kappa shape index (κ1) is 12.2. The van der Waals surface area contributed by atoms with Gasteiger partial charge in [0.1, 0.15) is 0 Å². The van der Waals surface area contributed by atoms with Crippen LogP contribution in [-0.4, -0.2) is 13.2 Å². The van der Waals surface area contributed by atoms with Crippen molar-refractivity contribution in [2.75, 3.05) is 7.11 Å². The fourth-order valence-corrected chi connectivity index (χ4v) is 3.65. The first-order chi connectivity index (χ1) is 7.83. The highest BCUT2D eigenvalue weighted by molar-refractivity contribution is 4.87. The molecule has 0 amide bonds. The molecule has 0 aromatic carbocycles. The first-order valence-electron chi connectivity index (χ1n) is 6.98. The van der Waals surface area contributed by atoms with Gasteiger partial charge in [0.15, 0.2) is 0 Å². The number of hydrogen-bond donors (Lipinski definition) is 0. The zero-order chi connectivity index (χ0) is 11.4. The van der Waals surface area contributed by atoms with E-state index in [1.165, 1.54) is 51.4 Å². The van der Waals surface area contributed by atoms with Crippen LogP contribution < -0.4 is 0 Å². The molecule has 0 unspecified atom stereocenters. The third-order valence-electron chi connectivity index (χ3n) is 4.87. The molecule has 0 atom stereocenters. The molecule has 0 N–H and O–H groups in total. The molecular weight excluding hydrogens is 196 g/mol. The molecule has 2 aliphatic rings. The topological polar surface area (TPSA) is 9.23 Å². The highest BCUT2D eigenvalue weighted by Crippen LogP contribution is 2.40. The Morgan fingerprint density at radius 3 is 1.81 bits per heavy atom. The molecule has 2 aliphatic carbocycles. The smallest absolute Gasteiger partial charge is 0.0571 e. The van der Waals surface area contributed by atoms with Crippen molar-refractivity contribution < 1.29 is 4.74 Å². The van der Waals surface area contributed by atoms with E-state index in [9.17, 15) is 0 Å². The molecule has 2 fully saturated rings. The number of rotatable bonds is 3. The molecule has 92 valence electrons. The van der Waals surface area contributed by atoms with Crippen LogP contribution in [0.5, 0.6) is 0 Å². The van der Waals surface area contributed by atoms with Crippen molar-refractivity contribution in [3.63, 3.8) is 0 Å². The van der Waals surface area contributed by atoms with Gasteiger partial charge in [-0.05, 0) is 69.1 Å². The van der Waals surface area contributed by atoms with Crippen molar-refractivity contribution in [2.45, 2.75) is 57.5 Å². The molecule has 1 nitrogen and oxygen atoms in total. The lowest BCUT2D eigenvalue weighted by Gasteiger charge is -2.37. The van der Waals surface area contributed by atoms with Crippen LogP contribution in [0.15, 0.2) is 12.7 Å². The minimum Gasteiger partial charge on any atom is -0.381 e. The SMILES string of the molecule is C=CC1CCC(C2CCC(OC)CC2)CC1. The fourth-order valence-electron chi connectivity index (χ4n) is 3.65. The van der Waals surface area contributed by atoms with Crippen molar-refractivity contribution in [3.8, 4) is 0 Å². The van der Waals surface area contributed by atoms with Gasteiger partial charge in [0, 0.05) is 7.11 Å². The second-order valence-electron chi connectivity index (χ2n) is 5.68. The zero-order valence-corrected chi connectivity index (χ0v) is 10.7. The monoisotopic (exact) mass is 222 g/mol. The Kier molecular flexibility index (Phi) is 4.45. The summed E-state index contributed by atoms with van der Waals surface area (Å²) in [7, 11) is 1.86. The molecule has 0 aliphatic heterocycles. The normalized spacial score (nSPS) is 40.6.